The highest BCUT2D eigenvalue weighted by molar-refractivity contribution is 5.80. The van der Waals surface area contributed by atoms with Crippen molar-refractivity contribution in [2.24, 2.45) is 5.41 Å². The molecule has 0 aliphatic carbocycles. The van der Waals surface area contributed by atoms with Gasteiger partial charge in [-0.15, -0.1) is 0 Å². The van der Waals surface area contributed by atoms with E-state index in [1.165, 1.54) is 6.26 Å². The predicted molar refractivity (Wildman–Crippen MR) is 63.3 cm³/mol. The Morgan fingerprint density at radius 3 is 2.67 bits per heavy atom. The van der Waals surface area contributed by atoms with Crippen molar-refractivity contribution in [3.05, 3.63) is 24.2 Å². The number of urea groups is 1. The molecular weight excluding hydrogens is 293 g/mol. The van der Waals surface area contributed by atoms with Crippen LogP contribution < -0.4 is 5.32 Å². The van der Waals surface area contributed by atoms with Gasteiger partial charge < -0.3 is 19.7 Å². The minimum atomic E-state index is -4.91. The first-order valence-electron chi connectivity index (χ1n) is 6.11. The van der Waals surface area contributed by atoms with E-state index in [-0.39, 0.29) is 13.1 Å². The van der Waals surface area contributed by atoms with E-state index in [1.54, 1.807) is 12.1 Å². The number of carboxylic acid groups (broad SMARTS) is 1. The van der Waals surface area contributed by atoms with Crippen LogP contribution in [0.5, 0.6) is 0 Å². The summed E-state index contributed by atoms with van der Waals surface area (Å²) in [4.78, 5) is 23.6. The zero-order valence-electron chi connectivity index (χ0n) is 10.8. The minimum Gasteiger partial charge on any atom is -0.481 e. The predicted octanol–water partition coefficient (Wildman–Crippen LogP) is 1.83. The third-order valence-electron chi connectivity index (χ3n) is 3.50. The number of amides is 2. The van der Waals surface area contributed by atoms with Crippen LogP contribution in [-0.2, 0) is 11.3 Å². The molecule has 2 rings (SSSR count). The fraction of sp³-hybridized carbons (Fsp3) is 0.500. The van der Waals surface area contributed by atoms with E-state index in [0.29, 0.717) is 5.76 Å². The Labute approximate surface area is 117 Å². The maximum absolute atomic E-state index is 13.0. The number of hydrogen-bond donors (Lipinski definition) is 2. The Kier molecular flexibility index (Phi) is 3.84. The molecule has 6 nitrogen and oxygen atoms in total. The monoisotopic (exact) mass is 306 g/mol. The molecule has 0 radical (unpaired) electrons. The van der Waals surface area contributed by atoms with Gasteiger partial charge in [0.05, 0.1) is 12.8 Å². The number of aliphatic carboxylic acids is 1. The van der Waals surface area contributed by atoms with Gasteiger partial charge in [0.25, 0.3) is 0 Å². The van der Waals surface area contributed by atoms with Gasteiger partial charge in [0.2, 0.25) is 0 Å². The molecule has 1 atom stereocenters. The third-order valence-corrected chi connectivity index (χ3v) is 3.50. The van der Waals surface area contributed by atoms with Gasteiger partial charge in [-0.3, -0.25) is 4.79 Å². The molecule has 1 fully saturated rings. The number of carboxylic acids is 1. The second-order valence-corrected chi connectivity index (χ2v) is 4.79. The van der Waals surface area contributed by atoms with E-state index in [2.05, 4.69) is 5.32 Å². The summed E-state index contributed by atoms with van der Waals surface area (Å²) in [5.74, 6) is -1.51. The van der Waals surface area contributed by atoms with Crippen molar-refractivity contribution in [3.63, 3.8) is 0 Å². The van der Waals surface area contributed by atoms with Crippen molar-refractivity contribution in [1.29, 1.82) is 0 Å². The summed E-state index contributed by atoms with van der Waals surface area (Å²) >= 11 is 0. The van der Waals surface area contributed by atoms with Gasteiger partial charge in [0.15, 0.2) is 5.41 Å². The Bertz CT molecular complexity index is 529. The largest absolute Gasteiger partial charge is 0.481 e. The summed E-state index contributed by atoms with van der Waals surface area (Å²) in [7, 11) is 0. The Balaban J connectivity index is 2.00. The van der Waals surface area contributed by atoms with Crippen molar-refractivity contribution < 1.29 is 32.3 Å². The molecule has 1 aliphatic heterocycles. The summed E-state index contributed by atoms with van der Waals surface area (Å²) in [5, 5.41) is 11.3. The topological polar surface area (TPSA) is 82.8 Å². The minimum absolute atomic E-state index is 0.0222. The van der Waals surface area contributed by atoms with Crippen LogP contribution in [0.4, 0.5) is 18.0 Å². The summed E-state index contributed by atoms with van der Waals surface area (Å²) in [6.45, 7) is -1.14. The van der Waals surface area contributed by atoms with Crippen LogP contribution in [-0.4, -0.2) is 41.3 Å². The number of rotatable bonds is 3. The zero-order chi connectivity index (χ0) is 15.7. The van der Waals surface area contributed by atoms with Crippen LogP contribution in [0.2, 0.25) is 0 Å². The third kappa shape index (κ3) is 2.81. The molecule has 1 aromatic heterocycles. The van der Waals surface area contributed by atoms with Crippen LogP contribution in [0, 0.1) is 5.41 Å². The first-order chi connectivity index (χ1) is 9.76. The number of hydrogen-bond acceptors (Lipinski definition) is 3. The van der Waals surface area contributed by atoms with Gasteiger partial charge in [-0.05, 0) is 18.6 Å². The Morgan fingerprint density at radius 1 is 1.48 bits per heavy atom. The molecule has 21 heavy (non-hydrogen) atoms. The zero-order valence-corrected chi connectivity index (χ0v) is 10.8. The number of nitrogens with zero attached hydrogens (tertiary/aromatic N) is 1. The fourth-order valence-corrected chi connectivity index (χ4v) is 2.20. The van der Waals surface area contributed by atoms with Crippen molar-refractivity contribution >= 4 is 12.0 Å². The summed E-state index contributed by atoms with van der Waals surface area (Å²) < 4.78 is 43.8. The average Bonchev–Trinajstić information content (AvgIpc) is 3.04. The fourth-order valence-electron chi connectivity index (χ4n) is 2.20. The molecule has 1 unspecified atom stereocenters. The molecule has 2 amide bonds. The Hall–Kier alpha value is -2.19. The molecule has 116 valence electrons. The van der Waals surface area contributed by atoms with Crippen molar-refractivity contribution in [2.75, 3.05) is 13.1 Å². The van der Waals surface area contributed by atoms with Crippen LogP contribution in [0.1, 0.15) is 12.2 Å². The van der Waals surface area contributed by atoms with Crippen LogP contribution in [0.25, 0.3) is 0 Å². The molecular formula is C12H13F3N2O4. The lowest BCUT2D eigenvalue weighted by Crippen LogP contribution is -2.48. The molecule has 1 aliphatic rings. The maximum atomic E-state index is 13.0. The normalized spacial score (nSPS) is 22.3. The SMILES string of the molecule is O=C(NCc1ccco1)N1CCC(C(=O)O)(C(F)(F)F)C1. The highest BCUT2D eigenvalue weighted by Crippen LogP contribution is 2.45. The molecule has 0 saturated carbocycles. The Morgan fingerprint density at radius 2 is 2.19 bits per heavy atom. The van der Waals surface area contributed by atoms with E-state index in [4.69, 9.17) is 9.52 Å². The van der Waals surface area contributed by atoms with E-state index in [9.17, 15) is 22.8 Å². The standard InChI is InChI=1S/C12H13F3N2O4/c13-12(14,15)11(9(18)19)3-4-17(7-11)10(20)16-6-8-2-1-5-21-8/h1-2,5H,3-4,6-7H2,(H,16,20)(H,18,19). The van der Waals surface area contributed by atoms with Gasteiger partial charge in [0, 0.05) is 13.1 Å². The molecule has 0 aromatic carbocycles. The van der Waals surface area contributed by atoms with Gasteiger partial charge in [-0.2, -0.15) is 13.2 Å². The maximum Gasteiger partial charge on any atom is 0.406 e. The lowest BCUT2D eigenvalue weighted by molar-refractivity contribution is -0.226. The number of furan rings is 1. The number of halogens is 3. The van der Waals surface area contributed by atoms with E-state index < -0.39 is 36.6 Å². The summed E-state index contributed by atoms with van der Waals surface area (Å²) in [6, 6.07) is 2.46. The van der Waals surface area contributed by atoms with Crippen molar-refractivity contribution in [1.82, 2.24) is 10.2 Å². The highest BCUT2D eigenvalue weighted by Gasteiger charge is 2.64. The lowest BCUT2D eigenvalue weighted by Gasteiger charge is -2.27. The summed E-state index contributed by atoms with van der Waals surface area (Å²) in [6.07, 6.45) is -4.16. The molecule has 1 aromatic rings. The number of carbonyl (C=O) groups excluding carboxylic acids is 1. The quantitative estimate of drug-likeness (QED) is 0.892. The van der Waals surface area contributed by atoms with Gasteiger partial charge in [0.1, 0.15) is 5.76 Å². The van der Waals surface area contributed by atoms with Crippen LogP contribution >= 0.6 is 0 Å². The van der Waals surface area contributed by atoms with E-state index in [1.807, 2.05) is 0 Å². The van der Waals surface area contributed by atoms with E-state index >= 15 is 0 Å². The highest BCUT2D eigenvalue weighted by atomic mass is 19.4. The van der Waals surface area contributed by atoms with E-state index in [0.717, 1.165) is 4.90 Å². The molecule has 2 N–H and O–H groups in total. The van der Waals surface area contributed by atoms with Gasteiger partial charge in [-0.1, -0.05) is 0 Å². The number of nitrogens with one attached hydrogen (secondary N) is 1. The molecule has 0 bridgehead atoms. The van der Waals surface area contributed by atoms with Crippen molar-refractivity contribution in [3.8, 4) is 0 Å². The second-order valence-electron chi connectivity index (χ2n) is 4.79. The molecule has 9 heteroatoms. The lowest BCUT2D eigenvalue weighted by atomic mass is 9.86. The van der Waals surface area contributed by atoms with Gasteiger partial charge >= 0.3 is 18.2 Å². The molecule has 0 spiro atoms. The summed E-state index contributed by atoms with van der Waals surface area (Å²) in [5.41, 5.74) is -2.89. The van der Waals surface area contributed by atoms with Crippen molar-refractivity contribution in [2.45, 2.75) is 19.1 Å². The average molecular weight is 306 g/mol. The molecule has 2 heterocycles. The van der Waals surface area contributed by atoms with Gasteiger partial charge in [-0.25, -0.2) is 4.79 Å². The molecule has 1 saturated heterocycles. The second kappa shape index (κ2) is 5.30. The van der Waals surface area contributed by atoms with Crippen LogP contribution in [0.3, 0.4) is 0 Å². The smallest absolute Gasteiger partial charge is 0.406 e. The van der Waals surface area contributed by atoms with Crippen LogP contribution in [0.15, 0.2) is 22.8 Å². The first-order valence-corrected chi connectivity index (χ1v) is 6.11. The number of carbonyl (C=O) groups is 2. The number of likely N-dealkylation sites (tertiary alicyclic amines) is 1. The number of alkyl halides is 3. The first kappa shape index (κ1) is 15.2.